The average molecular weight is 392 g/mol. The highest BCUT2D eigenvalue weighted by atomic mass is 79.9. The van der Waals surface area contributed by atoms with Crippen LogP contribution in [0, 0.1) is 0 Å². The smallest absolute Gasteiger partial charge is 0.257 e. The lowest BCUT2D eigenvalue weighted by molar-refractivity contribution is -0.123. The standard InChI is InChI=1S/C18H18BrNO4/c1-23-16-10-14(11-21)9-15(19)18(16)24-12-17(22)20-8-7-13-5-3-2-4-6-13/h2-6,9-11H,7-8,12H2,1H3,(H,20,22). The van der Waals surface area contributed by atoms with Gasteiger partial charge in [0.2, 0.25) is 0 Å². The fraction of sp³-hybridized carbons (Fsp3) is 0.222. The predicted octanol–water partition coefficient (Wildman–Crippen LogP) is 3.01. The molecule has 6 heteroatoms. The fourth-order valence-corrected chi connectivity index (χ4v) is 2.70. The van der Waals surface area contributed by atoms with Gasteiger partial charge in [0, 0.05) is 12.1 Å². The first kappa shape index (κ1) is 18.0. The molecule has 2 rings (SSSR count). The maximum Gasteiger partial charge on any atom is 0.257 e. The average Bonchev–Trinajstić information content (AvgIpc) is 2.60. The van der Waals surface area contributed by atoms with Crippen LogP contribution in [0.5, 0.6) is 11.5 Å². The number of hydrogen-bond donors (Lipinski definition) is 1. The molecule has 0 bridgehead atoms. The van der Waals surface area contributed by atoms with Crippen molar-refractivity contribution in [3.8, 4) is 11.5 Å². The summed E-state index contributed by atoms with van der Waals surface area (Å²) < 4.78 is 11.3. The zero-order valence-electron chi connectivity index (χ0n) is 13.3. The largest absolute Gasteiger partial charge is 0.493 e. The molecule has 0 aliphatic carbocycles. The Morgan fingerprint density at radius 1 is 1.25 bits per heavy atom. The van der Waals surface area contributed by atoms with E-state index in [1.165, 1.54) is 7.11 Å². The molecule has 2 aromatic carbocycles. The van der Waals surface area contributed by atoms with Gasteiger partial charge in [0.15, 0.2) is 18.1 Å². The lowest BCUT2D eigenvalue weighted by Crippen LogP contribution is -2.30. The van der Waals surface area contributed by atoms with Gasteiger partial charge in [0.05, 0.1) is 11.6 Å². The Kier molecular flexibility index (Phi) is 6.81. The fourth-order valence-electron chi connectivity index (χ4n) is 2.13. The first-order valence-electron chi connectivity index (χ1n) is 7.40. The van der Waals surface area contributed by atoms with Crippen LogP contribution in [-0.4, -0.2) is 32.5 Å². The van der Waals surface area contributed by atoms with Crippen molar-refractivity contribution in [3.63, 3.8) is 0 Å². The maximum absolute atomic E-state index is 11.9. The molecular formula is C18H18BrNO4. The van der Waals surface area contributed by atoms with Crippen LogP contribution in [0.4, 0.5) is 0 Å². The quantitative estimate of drug-likeness (QED) is 0.702. The van der Waals surface area contributed by atoms with Gasteiger partial charge in [-0.2, -0.15) is 0 Å². The third-order valence-corrected chi connectivity index (χ3v) is 3.90. The van der Waals surface area contributed by atoms with Crippen LogP contribution in [0.3, 0.4) is 0 Å². The summed E-state index contributed by atoms with van der Waals surface area (Å²) in [7, 11) is 1.48. The first-order chi connectivity index (χ1) is 11.6. The minimum atomic E-state index is -0.223. The van der Waals surface area contributed by atoms with Crippen molar-refractivity contribution >= 4 is 28.1 Å². The van der Waals surface area contributed by atoms with Crippen LogP contribution in [0.1, 0.15) is 15.9 Å². The molecule has 0 aliphatic heterocycles. The number of methoxy groups -OCH3 is 1. The number of rotatable bonds is 8. The summed E-state index contributed by atoms with van der Waals surface area (Å²) in [5, 5.41) is 2.80. The molecule has 24 heavy (non-hydrogen) atoms. The minimum absolute atomic E-state index is 0.135. The highest BCUT2D eigenvalue weighted by molar-refractivity contribution is 9.10. The van der Waals surface area contributed by atoms with Crippen LogP contribution in [-0.2, 0) is 11.2 Å². The SMILES string of the molecule is COc1cc(C=O)cc(Br)c1OCC(=O)NCCc1ccccc1. The zero-order valence-corrected chi connectivity index (χ0v) is 14.8. The summed E-state index contributed by atoms with van der Waals surface area (Å²) in [6.07, 6.45) is 1.47. The van der Waals surface area contributed by atoms with Crippen molar-refractivity contribution in [2.45, 2.75) is 6.42 Å². The number of aldehydes is 1. The van der Waals surface area contributed by atoms with E-state index in [0.29, 0.717) is 34.4 Å². The summed E-state index contributed by atoms with van der Waals surface area (Å²) >= 11 is 3.32. The number of ether oxygens (including phenoxy) is 2. The second-order valence-electron chi connectivity index (χ2n) is 5.03. The lowest BCUT2D eigenvalue weighted by Gasteiger charge is -2.13. The van der Waals surface area contributed by atoms with E-state index in [1.807, 2.05) is 30.3 Å². The van der Waals surface area contributed by atoms with E-state index in [9.17, 15) is 9.59 Å². The van der Waals surface area contributed by atoms with Gasteiger partial charge in [-0.25, -0.2) is 0 Å². The molecule has 0 atom stereocenters. The molecule has 0 aliphatic rings. The molecule has 0 fully saturated rings. The van der Waals surface area contributed by atoms with E-state index in [2.05, 4.69) is 21.2 Å². The molecule has 0 aromatic heterocycles. The second kappa shape index (κ2) is 9.08. The highest BCUT2D eigenvalue weighted by Crippen LogP contribution is 2.36. The molecule has 0 radical (unpaired) electrons. The van der Waals surface area contributed by atoms with Crippen molar-refractivity contribution in [3.05, 3.63) is 58.1 Å². The summed E-state index contributed by atoms with van der Waals surface area (Å²) in [6.45, 7) is 0.402. The number of amides is 1. The van der Waals surface area contributed by atoms with Gasteiger partial charge in [0.25, 0.3) is 5.91 Å². The summed E-state index contributed by atoms with van der Waals surface area (Å²) in [5.74, 6) is 0.559. The van der Waals surface area contributed by atoms with E-state index in [1.54, 1.807) is 12.1 Å². The summed E-state index contributed by atoms with van der Waals surface area (Å²) in [5.41, 5.74) is 1.62. The van der Waals surface area contributed by atoms with Crippen molar-refractivity contribution < 1.29 is 19.1 Å². The van der Waals surface area contributed by atoms with Crippen LogP contribution in [0.2, 0.25) is 0 Å². The van der Waals surface area contributed by atoms with E-state index in [-0.39, 0.29) is 12.5 Å². The maximum atomic E-state index is 11.9. The van der Waals surface area contributed by atoms with Gasteiger partial charge >= 0.3 is 0 Å². The predicted molar refractivity (Wildman–Crippen MR) is 94.7 cm³/mol. The Morgan fingerprint density at radius 2 is 2.00 bits per heavy atom. The molecule has 0 spiro atoms. The van der Waals surface area contributed by atoms with Crippen LogP contribution in [0.15, 0.2) is 46.9 Å². The van der Waals surface area contributed by atoms with Gasteiger partial charge in [-0.15, -0.1) is 0 Å². The molecule has 0 unspecified atom stereocenters. The normalized spacial score (nSPS) is 10.1. The number of benzene rings is 2. The first-order valence-corrected chi connectivity index (χ1v) is 8.19. The number of halogens is 1. The summed E-state index contributed by atoms with van der Waals surface area (Å²) in [6, 6.07) is 13.1. The van der Waals surface area contributed by atoms with Crippen LogP contribution < -0.4 is 14.8 Å². The molecule has 0 heterocycles. The Hall–Kier alpha value is -2.34. The van der Waals surface area contributed by atoms with Crippen molar-refractivity contribution in [2.75, 3.05) is 20.3 Å². The van der Waals surface area contributed by atoms with Gasteiger partial charge in [-0.1, -0.05) is 30.3 Å². The number of carbonyl (C=O) groups is 2. The topological polar surface area (TPSA) is 64.6 Å². The third kappa shape index (κ3) is 5.09. The molecule has 1 amide bonds. The minimum Gasteiger partial charge on any atom is -0.493 e. The van der Waals surface area contributed by atoms with Gasteiger partial charge < -0.3 is 14.8 Å². The Bertz CT molecular complexity index is 704. The molecule has 5 nitrogen and oxygen atoms in total. The van der Waals surface area contributed by atoms with Crippen molar-refractivity contribution in [1.82, 2.24) is 5.32 Å². The van der Waals surface area contributed by atoms with E-state index in [0.717, 1.165) is 12.0 Å². The molecular weight excluding hydrogens is 374 g/mol. The lowest BCUT2D eigenvalue weighted by atomic mass is 10.1. The Balaban J connectivity index is 1.86. The molecule has 2 aromatic rings. The van der Waals surface area contributed by atoms with E-state index >= 15 is 0 Å². The number of nitrogens with one attached hydrogen (secondary N) is 1. The highest BCUT2D eigenvalue weighted by Gasteiger charge is 2.13. The van der Waals surface area contributed by atoms with Crippen molar-refractivity contribution in [1.29, 1.82) is 0 Å². The van der Waals surface area contributed by atoms with Gasteiger partial charge in [-0.3, -0.25) is 9.59 Å². The second-order valence-corrected chi connectivity index (χ2v) is 5.88. The molecule has 126 valence electrons. The number of carbonyl (C=O) groups excluding carboxylic acids is 2. The van der Waals surface area contributed by atoms with E-state index < -0.39 is 0 Å². The van der Waals surface area contributed by atoms with Gasteiger partial charge in [0.1, 0.15) is 6.29 Å². The van der Waals surface area contributed by atoms with Crippen molar-refractivity contribution in [2.24, 2.45) is 0 Å². The Morgan fingerprint density at radius 3 is 2.67 bits per heavy atom. The number of hydrogen-bond acceptors (Lipinski definition) is 4. The third-order valence-electron chi connectivity index (χ3n) is 3.31. The van der Waals surface area contributed by atoms with Crippen LogP contribution >= 0.6 is 15.9 Å². The molecule has 1 N–H and O–H groups in total. The molecule has 0 saturated carbocycles. The van der Waals surface area contributed by atoms with Crippen LogP contribution in [0.25, 0.3) is 0 Å². The monoisotopic (exact) mass is 391 g/mol. The zero-order chi connectivity index (χ0) is 17.4. The molecule has 0 saturated heterocycles. The Labute approximate surface area is 149 Å². The summed E-state index contributed by atoms with van der Waals surface area (Å²) in [4.78, 5) is 22.8. The van der Waals surface area contributed by atoms with E-state index in [4.69, 9.17) is 9.47 Å². The van der Waals surface area contributed by atoms with Gasteiger partial charge in [-0.05, 0) is 40.0 Å².